The van der Waals surface area contributed by atoms with Crippen molar-refractivity contribution in [3.05, 3.63) is 119 Å². The number of fused-ring (bicyclic) bond motifs is 1. The van der Waals surface area contributed by atoms with Gasteiger partial charge in [0, 0.05) is 5.56 Å². The summed E-state index contributed by atoms with van der Waals surface area (Å²) in [5.41, 5.74) is 1.94. The van der Waals surface area contributed by atoms with Crippen molar-refractivity contribution >= 4 is 17.4 Å². The Bertz CT molecular complexity index is 1540. The van der Waals surface area contributed by atoms with Gasteiger partial charge in [-0.2, -0.15) is 0 Å². The van der Waals surface area contributed by atoms with Gasteiger partial charge in [0.25, 0.3) is 11.7 Å². The molecule has 196 valence electrons. The molecule has 4 aromatic rings. The normalized spacial score (nSPS) is 17.8. The van der Waals surface area contributed by atoms with Gasteiger partial charge in [-0.05, 0) is 53.6 Å². The number of ketones is 1. The van der Waals surface area contributed by atoms with Crippen LogP contribution in [0.15, 0.2) is 101 Å². The van der Waals surface area contributed by atoms with Gasteiger partial charge in [0.2, 0.25) is 0 Å². The van der Waals surface area contributed by atoms with Gasteiger partial charge in [-0.25, -0.2) is 0 Å². The fourth-order valence-corrected chi connectivity index (χ4v) is 4.82. The number of rotatable bonds is 7. The number of furan rings is 1. The fourth-order valence-electron chi connectivity index (χ4n) is 4.82. The summed E-state index contributed by atoms with van der Waals surface area (Å²) in [5.74, 6) is 0.282. The highest BCUT2D eigenvalue weighted by atomic mass is 16.6. The zero-order valence-corrected chi connectivity index (χ0v) is 20.9. The van der Waals surface area contributed by atoms with Crippen molar-refractivity contribution in [2.45, 2.75) is 19.2 Å². The molecule has 1 fully saturated rings. The maximum atomic E-state index is 13.4. The Morgan fingerprint density at radius 3 is 2.51 bits per heavy atom. The van der Waals surface area contributed by atoms with Crippen LogP contribution in [0, 0.1) is 0 Å². The minimum atomic E-state index is -0.872. The molecule has 0 aliphatic carbocycles. The largest absolute Gasteiger partial charge is 0.507 e. The lowest BCUT2D eigenvalue weighted by molar-refractivity contribution is -0.140. The van der Waals surface area contributed by atoms with Gasteiger partial charge >= 0.3 is 0 Å². The highest BCUT2D eigenvalue weighted by molar-refractivity contribution is 6.46. The number of hydrogen-bond donors (Lipinski definition) is 1. The molecule has 3 aromatic carbocycles. The van der Waals surface area contributed by atoms with Crippen LogP contribution in [-0.2, 0) is 22.7 Å². The van der Waals surface area contributed by atoms with E-state index in [0.717, 1.165) is 5.56 Å². The molecular weight excluding hydrogens is 498 g/mol. The van der Waals surface area contributed by atoms with Gasteiger partial charge < -0.3 is 28.6 Å². The van der Waals surface area contributed by atoms with Crippen LogP contribution in [-0.4, -0.2) is 34.9 Å². The third-order valence-corrected chi connectivity index (χ3v) is 6.68. The molecule has 8 nitrogen and oxygen atoms in total. The predicted octanol–water partition coefficient (Wildman–Crippen LogP) is 5.25. The number of likely N-dealkylation sites (tertiary alicyclic amines) is 1. The smallest absolute Gasteiger partial charge is 0.296 e. The summed E-state index contributed by atoms with van der Waals surface area (Å²) in [5, 5.41) is 11.4. The van der Waals surface area contributed by atoms with E-state index in [-0.39, 0.29) is 17.9 Å². The van der Waals surface area contributed by atoms with Gasteiger partial charge in [0.1, 0.15) is 37.1 Å². The van der Waals surface area contributed by atoms with Crippen LogP contribution in [0.1, 0.15) is 28.5 Å². The number of benzene rings is 3. The van der Waals surface area contributed by atoms with Crippen LogP contribution in [0.4, 0.5) is 0 Å². The van der Waals surface area contributed by atoms with Crippen molar-refractivity contribution < 1.29 is 33.3 Å². The number of aliphatic hydroxyl groups excluding tert-OH is 1. The Morgan fingerprint density at radius 1 is 0.897 bits per heavy atom. The molecule has 2 aliphatic rings. The van der Waals surface area contributed by atoms with Crippen LogP contribution >= 0.6 is 0 Å². The SMILES string of the molecule is O=C1C(=O)N(Cc2ccco2)[C@H](c2cccc(OCc3ccccc3)c2)/C1=C(\O)c1ccc2c(c1)OCCO2. The van der Waals surface area contributed by atoms with E-state index in [9.17, 15) is 14.7 Å². The lowest BCUT2D eigenvalue weighted by atomic mass is 9.95. The highest BCUT2D eigenvalue weighted by Crippen LogP contribution is 2.42. The van der Waals surface area contributed by atoms with Crippen LogP contribution in [0.25, 0.3) is 5.76 Å². The Morgan fingerprint density at radius 2 is 1.72 bits per heavy atom. The number of ether oxygens (including phenoxy) is 3. The molecule has 39 heavy (non-hydrogen) atoms. The van der Waals surface area contributed by atoms with E-state index >= 15 is 0 Å². The van der Waals surface area contributed by atoms with E-state index in [1.54, 1.807) is 48.5 Å². The van der Waals surface area contributed by atoms with Crippen molar-refractivity contribution in [3.63, 3.8) is 0 Å². The molecule has 1 amide bonds. The second-order valence-corrected chi connectivity index (χ2v) is 9.21. The molecule has 0 spiro atoms. The Hall–Kier alpha value is -4.98. The standard InChI is InChI=1S/C31H25NO7/c33-29(22-11-12-25-26(17-22)38-15-14-37-25)27-28(32(31(35)30(27)34)18-24-10-5-13-36-24)21-8-4-9-23(16-21)39-19-20-6-2-1-3-7-20/h1-13,16-17,28,33H,14-15,18-19H2/b29-27+/t28-/m1/s1. The van der Waals surface area contributed by atoms with E-state index in [4.69, 9.17) is 18.6 Å². The molecule has 1 N–H and O–H groups in total. The van der Waals surface area contributed by atoms with Crippen molar-refractivity contribution in [1.82, 2.24) is 4.90 Å². The Balaban J connectivity index is 1.40. The molecule has 0 radical (unpaired) electrons. The second-order valence-electron chi connectivity index (χ2n) is 9.21. The van der Waals surface area contributed by atoms with Crippen LogP contribution < -0.4 is 14.2 Å². The summed E-state index contributed by atoms with van der Waals surface area (Å²) >= 11 is 0. The molecular formula is C31H25NO7. The van der Waals surface area contributed by atoms with Crippen molar-refractivity contribution in [3.8, 4) is 17.2 Å². The van der Waals surface area contributed by atoms with Crippen LogP contribution in [0.5, 0.6) is 17.2 Å². The molecule has 6 rings (SSSR count). The first-order valence-electron chi connectivity index (χ1n) is 12.6. The zero-order valence-electron chi connectivity index (χ0n) is 20.9. The quantitative estimate of drug-likeness (QED) is 0.201. The molecule has 1 saturated heterocycles. The van der Waals surface area contributed by atoms with Crippen molar-refractivity contribution in [1.29, 1.82) is 0 Å². The van der Waals surface area contributed by atoms with E-state index < -0.39 is 17.7 Å². The molecule has 0 unspecified atom stereocenters. The summed E-state index contributed by atoms with van der Waals surface area (Å²) in [7, 11) is 0. The predicted molar refractivity (Wildman–Crippen MR) is 141 cm³/mol. The molecule has 0 saturated carbocycles. The lowest BCUT2D eigenvalue weighted by Crippen LogP contribution is -2.29. The van der Waals surface area contributed by atoms with Gasteiger partial charge in [0.05, 0.1) is 24.4 Å². The maximum absolute atomic E-state index is 13.4. The summed E-state index contributed by atoms with van der Waals surface area (Å²) < 4.78 is 22.7. The number of Topliss-reactive ketones (excluding diaryl/α,β-unsaturated/α-hetero) is 1. The van der Waals surface area contributed by atoms with Crippen molar-refractivity contribution in [2.75, 3.05) is 13.2 Å². The van der Waals surface area contributed by atoms with Crippen LogP contribution in [0.3, 0.4) is 0 Å². The highest BCUT2D eigenvalue weighted by Gasteiger charge is 2.46. The summed E-state index contributed by atoms with van der Waals surface area (Å²) in [6.07, 6.45) is 1.51. The average molecular weight is 524 g/mol. The molecule has 3 heterocycles. The average Bonchev–Trinajstić information content (AvgIpc) is 3.58. The molecule has 1 atom stereocenters. The van der Waals surface area contributed by atoms with E-state index in [0.29, 0.717) is 54.0 Å². The van der Waals surface area contributed by atoms with E-state index in [1.807, 2.05) is 36.4 Å². The van der Waals surface area contributed by atoms with Crippen LogP contribution in [0.2, 0.25) is 0 Å². The maximum Gasteiger partial charge on any atom is 0.296 e. The van der Waals surface area contributed by atoms with E-state index in [1.165, 1.54) is 11.2 Å². The summed E-state index contributed by atoms with van der Waals surface area (Å²) in [6.45, 7) is 1.21. The minimum absolute atomic E-state index is 0.0246. The topological polar surface area (TPSA) is 98.4 Å². The van der Waals surface area contributed by atoms with Crippen molar-refractivity contribution in [2.24, 2.45) is 0 Å². The number of aliphatic hydroxyl groups is 1. The van der Waals surface area contributed by atoms with Gasteiger partial charge in [-0.15, -0.1) is 0 Å². The second kappa shape index (κ2) is 10.4. The molecule has 0 bridgehead atoms. The van der Waals surface area contributed by atoms with E-state index in [2.05, 4.69) is 0 Å². The van der Waals surface area contributed by atoms with Gasteiger partial charge in [-0.3, -0.25) is 9.59 Å². The Kier molecular flexibility index (Phi) is 6.50. The number of carbonyl (C=O) groups excluding carboxylic acids is 2. The number of nitrogens with zero attached hydrogens (tertiary/aromatic N) is 1. The van der Waals surface area contributed by atoms with Gasteiger partial charge in [-0.1, -0.05) is 42.5 Å². The molecule has 8 heteroatoms. The molecule has 1 aromatic heterocycles. The summed E-state index contributed by atoms with van der Waals surface area (Å²) in [6, 6.07) is 24.5. The zero-order chi connectivity index (χ0) is 26.8. The van der Waals surface area contributed by atoms with Gasteiger partial charge in [0.15, 0.2) is 11.5 Å². The third kappa shape index (κ3) is 4.84. The summed E-state index contributed by atoms with van der Waals surface area (Å²) in [4.78, 5) is 28.1. The first-order chi connectivity index (χ1) is 19.1. The lowest BCUT2D eigenvalue weighted by Gasteiger charge is -2.25. The monoisotopic (exact) mass is 523 g/mol. The number of hydrogen-bond acceptors (Lipinski definition) is 7. The first-order valence-corrected chi connectivity index (χ1v) is 12.6. The fraction of sp³-hybridized carbons (Fsp3) is 0.161. The molecule has 2 aliphatic heterocycles. The Labute approximate surface area is 224 Å². The number of carbonyl (C=O) groups is 2. The minimum Gasteiger partial charge on any atom is -0.507 e. The third-order valence-electron chi connectivity index (χ3n) is 6.68. The number of amides is 1. The first kappa shape index (κ1) is 24.4.